The Morgan fingerprint density at radius 1 is 1.40 bits per heavy atom. The van der Waals surface area contributed by atoms with Crippen LogP contribution in [-0.2, 0) is 9.53 Å². The van der Waals surface area contributed by atoms with Gasteiger partial charge < -0.3 is 4.74 Å². The van der Waals surface area contributed by atoms with Gasteiger partial charge in [-0.05, 0) is 13.0 Å². The van der Waals surface area contributed by atoms with Crippen LogP contribution in [0.2, 0.25) is 0 Å². The number of ketones is 1. The van der Waals surface area contributed by atoms with Crippen LogP contribution in [0.3, 0.4) is 0 Å². The summed E-state index contributed by atoms with van der Waals surface area (Å²) in [4.78, 5) is 11.7. The summed E-state index contributed by atoms with van der Waals surface area (Å²) in [6, 6.07) is 7.67. The second-order valence-corrected chi connectivity index (χ2v) is 4.03. The summed E-state index contributed by atoms with van der Waals surface area (Å²) >= 11 is 3.43. The zero-order chi connectivity index (χ0) is 11.3. The van der Waals surface area contributed by atoms with Gasteiger partial charge in [0.25, 0.3) is 0 Å². The lowest BCUT2D eigenvalue weighted by Gasteiger charge is -2.16. The number of carbonyl (C=O) groups excluding carboxylic acids is 1. The maximum atomic E-state index is 11.7. The molecule has 0 aliphatic heterocycles. The second-order valence-electron chi connectivity index (χ2n) is 3.18. The molecule has 0 N–H and O–H groups in total. The molecule has 1 aromatic carbocycles. The first kappa shape index (κ1) is 12.4. The van der Waals surface area contributed by atoms with E-state index in [0.29, 0.717) is 13.0 Å². The van der Waals surface area contributed by atoms with Crippen LogP contribution in [0.25, 0.3) is 0 Å². The highest BCUT2D eigenvalue weighted by molar-refractivity contribution is 9.10. The molecule has 1 unspecified atom stereocenters. The predicted octanol–water partition coefficient (Wildman–Crippen LogP) is 3.51. The van der Waals surface area contributed by atoms with E-state index in [4.69, 9.17) is 4.74 Å². The molecule has 0 heterocycles. The Kier molecular flexibility index (Phi) is 4.99. The van der Waals surface area contributed by atoms with Crippen molar-refractivity contribution in [3.05, 3.63) is 34.3 Å². The van der Waals surface area contributed by atoms with Crippen LogP contribution in [0.5, 0.6) is 0 Å². The fourth-order valence-electron chi connectivity index (χ4n) is 1.40. The Balaban J connectivity index is 2.98. The molecule has 0 aliphatic rings. The van der Waals surface area contributed by atoms with Crippen LogP contribution >= 0.6 is 15.9 Å². The van der Waals surface area contributed by atoms with Gasteiger partial charge in [-0.3, -0.25) is 4.79 Å². The molecule has 3 heteroatoms. The molecule has 0 spiro atoms. The van der Waals surface area contributed by atoms with Gasteiger partial charge in [0.1, 0.15) is 6.10 Å². The third-order valence-electron chi connectivity index (χ3n) is 2.16. The smallest absolute Gasteiger partial charge is 0.165 e. The number of halogens is 1. The summed E-state index contributed by atoms with van der Waals surface area (Å²) in [6.07, 6.45) is 0.0574. The molecule has 0 saturated carbocycles. The molecule has 0 radical (unpaired) electrons. The zero-order valence-electron chi connectivity index (χ0n) is 9.00. The summed E-state index contributed by atoms with van der Waals surface area (Å²) < 4.78 is 6.40. The van der Waals surface area contributed by atoms with Crippen molar-refractivity contribution in [1.29, 1.82) is 0 Å². The van der Waals surface area contributed by atoms with Crippen molar-refractivity contribution in [1.82, 2.24) is 0 Å². The Bertz CT molecular complexity index is 336. The number of Topliss-reactive ketones (excluding diaryl/α,β-unsaturated/α-hetero) is 1. The number of ether oxygens (including phenoxy) is 1. The third-order valence-corrected chi connectivity index (χ3v) is 2.88. The molecule has 15 heavy (non-hydrogen) atoms. The van der Waals surface area contributed by atoms with Crippen molar-refractivity contribution in [2.24, 2.45) is 0 Å². The molecule has 0 fully saturated rings. The Hall–Kier alpha value is -0.670. The van der Waals surface area contributed by atoms with Gasteiger partial charge >= 0.3 is 0 Å². The highest BCUT2D eigenvalue weighted by Crippen LogP contribution is 2.27. The maximum absolute atomic E-state index is 11.7. The molecular formula is C12H15BrO2. The summed E-state index contributed by atoms with van der Waals surface area (Å²) in [5.41, 5.74) is 0.909. The number of hydrogen-bond acceptors (Lipinski definition) is 2. The monoisotopic (exact) mass is 270 g/mol. The van der Waals surface area contributed by atoms with Crippen LogP contribution in [0.1, 0.15) is 31.9 Å². The Morgan fingerprint density at radius 2 is 2.07 bits per heavy atom. The van der Waals surface area contributed by atoms with Gasteiger partial charge in [0.15, 0.2) is 5.78 Å². The number of hydrogen-bond donors (Lipinski definition) is 0. The molecule has 1 aromatic rings. The zero-order valence-corrected chi connectivity index (χ0v) is 10.6. The van der Waals surface area contributed by atoms with E-state index in [-0.39, 0.29) is 5.78 Å². The summed E-state index contributed by atoms with van der Waals surface area (Å²) in [5.74, 6) is 0.115. The van der Waals surface area contributed by atoms with Gasteiger partial charge in [-0.25, -0.2) is 0 Å². The number of carbonyl (C=O) groups is 1. The van der Waals surface area contributed by atoms with E-state index in [1.807, 2.05) is 38.1 Å². The number of benzene rings is 1. The third kappa shape index (κ3) is 3.14. The molecule has 0 saturated heterocycles. The first-order valence-electron chi connectivity index (χ1n) is 5.09. The van der Waals surface area contributed by atoms with E-state index in [1.165, 1.54) is 0 Å². The molecule has 0 amide bonds. The lowest BCUT2D eigenvalue weighted by molar-refractivity contribution is -0.130. The molecule has 2 nitrogen and oxygen atoms in total. The Morgan fingerprint density at radius 3 is 2.60 bits per heavy atom. The highest BCUT2D eigenvalue weighted by atomic mass is 79.9. The minimum Gasteiger partial charge on any atom is -0.366 e. The normalized spacial score (nSPS) is 12.5. The van der Waals surface area contributed by atoms with Crippen molar-refractivity contribution in [3.63, 3.8) is 0 Å². The topological polar surface area (TPSA) is 26.3 Å². The van der Waals surface area contributed by atoms with Gasteiger partial charge in [0.2, 0.25) is 0 Å². The van der Waals surface area contributed by atoms with Crippen LogP contribution in [0, 0.1) is 0 Å². The molecule has 0 bridgehead atoms. The SMILES string of the molecule is CCOC(C(=O)CC)c1ccccc1Br. The van der Waals surface area contributed by atoms with Crippen LogP contribution in [0.15, 0.2) is 28.7 Å². The van der Waals surface area contributed by atoms with E-state index in [0.717, 1.165) is 10.0 Å². The fourth-order valence-corrected chi connectivity index (χ4v) is 1.89. The minimum absolute atomic E-state index is 0.115. The maximum Gasteiger partial charge on any atom is 0.165 e. The second kappa shape index (κ2) is 6.03. The summed E-state index contributed by atoms with van der Waals surface area (Å²) in [5, 5.41) is 0. The molecule has 1 atom stereocenters. The fraction of sp³-hybridized carbons (Fsp3) is 0.417. The first-order chi connectivity index (χ1) is 7.20. The molecule has 0 aromatic heterocycles. The van der Waals surface area contributed by atoms with Crippen LogP contribution in [-0.4, -0.2) is 12.4 Å². The lowest BCUT2D eigenvalue weighted by atomic mass is 10.0. The summed E-state index contributed by atoms with van der Waals surface area (Å²) in [7, 11) is 0. The predicted molar refractivity (Wildman–Crippen MR) is 63.8 cm³/mol. The number of rotatable bonds is 5. The molecule has 1 rings (SSSR count). The lowest BCUT2D eigenvalue weighted by Crippen LogP contribution is -2.15. The largest absolute Gasteiger partial charge is 0.366 e. The molecule has 82 valence electrons. The van der Waals surface area contributed by atoms with Gasteiger partial charge in [0.05, 0.1) is 0 Å². The van der Waals surface area contributed by atoms with Crippen molar-refractivity contribution < 1.29 is 9.53 Å². The quantitative estimate of drug-likeness (QED) is 0.819. The standard InChI is InChI=1S/C12H15BrO2/c1-3-11(14)12(15-4-2)9-7-5-6-8-10(9)13/h5-8,12H,3-4H2,1-2H3. The van der Waals surface area contributed by atoms with E-state index in [1.54, 1.807) is 0 Å². The van der Waals surface area contributed by atoms with Gasteiger partial charge in [0, 0.05) is 23.1 Å². The van der Waals surface area contributed by atoms with E-state index < -0.39 is 6.10 Å². The van der Waals surface area contributed by atoms with E-state index in [2.05, 4.69) is 15.9 Å². The van der Waals surface area contributed by atoms with E-state index in [9.17, 15) is 4.79 Å². The van der Waals surface area contributed by atoms with Crippen molar-refractivity contribution in [2.45, 2.75) is 26.4 Å². The van der Waals surface area contributed by atoms with E-state index >= 15 is 0 Å². The minimum atomic E-state index is -0.435. The van der Waals surface area contributed by atoms with Crippen LogP contribution in [0.4, 0.5) is 0 Å². The summed E-state index contributed by atoms with van der Waals surface area (Å²) in [6.45, 7) is 4.29. The average molecular weight is 271 g/mol. The molecular weight excluding hydrogens is 256 g/mol. The van der Waals surface area contributed by atoms with Gasteiger partial charge in [-0.2, -0.15) is 0 Å². The van der Waals surface area contributed by atoms with Crippen LogP contribution < -0.4 is 0 Å². The average Bonchev–Trinajstić information content (AvgIpc) is 2.26. The highest BCUT2D eigenvalue weighted by Gasteiger charge is 2.20. The van der Waals surface area contributed by atoms with Gasteiger partial charge in [-0.15, -0.1) is 0 Å². The Labute approximate surface area is 98.8 Å². The van der Waals surface area contributed by atoms with Crippen molar-refractivity contribution in [2.75, 3.05) is 6.61 Å². The first-order valence-corrected chi connectivity index (χ1v) is 5.88. The van der Waals surface area contributed by atoms with Crippen molar-refractivity contribution >= 4 is 21.7 Å². The van der Waals surface area contributed by atoms with Gasteiger partial charge in [-0.1, -0.05) is 41.1 Å². The van der Waals surface area contributed by atoms with Crippen molar-refractivity contribution in [3.8, 4) is 0 Å². The molecule has 0 aliphatic carbocycles.